The first kappa shape index (κ1) is 15.7. The highest BCUT2D eigenvalue weighted by Crippen LogP contribution is 2.38. The molecule has 0 aliphatic rings. The smallest absolute Gasteiger partial charge is 0.343 e. The van der Waals surface area contributed by atoms with Crippen LogP contribution in [0.25, 0.3) is 0 Å². The number of hydrogen-bond donors (Lipinski definition) is 2. The molecule has 0 aliphatic heterocycles. The van der Waals surface area contributed by atoms with Gasteiger partial charge in [0.15, 0.2) is 0 Å². The van der Waals surface area contributed by atoms with Gasteiger partial charge in [-0.2, -0.15) is 0 Å². The molecule has 0 atom stereocenters. The van der Waals surface area contributed by atoms with Gasteiger partial charge in [-0.25, -0.2) is 9.59 Å². The minimum atomic E-state index is -1.35. The van der Waals surface area contributed by atoms with Crippen LogP contribution in [0.2, 0.25) is 0 Å². The highest BCUT2D eigenvalue weighted by atomic mass is 16.4. The molecule has 0 amide bonds. The van der Waals surface area contributed by atoms with Crippen LogP contribution in [0.5, 0.6) is 0 Å². The molecule has 0 spiro atoms. The molecule has 0 rings (SSSR count). The van der Waals surface area contributed by atoms with Crippen molar-refractivity contribution >= 4 is 11.9 Å². The zero-order valence-corrected chi connectivity index (χ0v) is 11.0. The van der Waals surface area contributed by atoms with Crippen molar-refractivity contribution in [3.05, 3.63) is 11.1 Å². The first-order valence-corrected chi connectivity index (χ1v) is 5.98. The van der Waals surface area contributed by atoms with E-state index < -0.39 is 17.5 Å². The summed E-state index contributed by atoms with van der Waals surface area (Å²) in [5, 5.41) is 18.0. The maximum absolute atomic E-state index is 11.0. The van der Waals surface area contributed by atoms with Gasteiger partial charge in [0.2, 0.25) is 0 Å². The SMILES string of the molecule is CCCC(C)(CCC)C(C)=C(C(=O)O)C(=O)O. The molecule has 0 heterocycles. The number of aliphatic carboxylic acids is 2. The van der Waals surface area contributed by atoms with E-state index in [1.54, 1.807) is 6.92 Å². The number of carbonyl (C=O) groups is 2. The summed E-state index contributed by atoms with van der Waals surface area (Å²) in [7, 11) is 0. The normalized spacial score (nSPS) is 11.1. The van der Waals surface area contributed by atoms with Crippen molar-refractivity contribution in [2.45, 2.75) is 53.4 Å². The molecule has 98 valence electrons. The lowest BCUT2D eigenvalue weighted by Crippen LogP contribution is -2.24. The molecular weight excluding hydrogens is 220 g/mol. The van der Waals surface area contributed by atoms with Crippen molar-refractivity contribution in [2.24, 2.45) is 5.41 Å². The average molecular weight is 242 g/mol. The summed E-state index contributed by atoms with van der Waals surface area (Å²) in [5.74, 6) is -2.71. The summed E-state index contributed by atoms with van der Waals surface area (Å²) in [6.45, 7) is 7.61. The Hall–Kier alpha value is -1.32. The molecule has 0 radical (unpaired) electrons. The van der Waals surface area contributed by atoms with Gasteiger partial charge < -0.3 is 10.2 Å². The predicted octanol–water partition coefficient (Wildman–Crippen LogP) is 3.08. The van der Waals surface area contributed by atoms with E-state index in [0.717, 1.165) is 25.7 Å². The lowest BCUT2D eigenvalue weighted by Gasteiger charge is -2.31. The van der Waals surface area contributed by atoms with E-state index in [-0.39, 0.29) is 5.41 Å². The molecule has 17 heavy (non-hydrogen) atoms. The van der Waals surface area contributed by atoms with Crippen LogP contribution in [0.4, 0.5) is 0 Å². The molecule has 0 aromatic carbocycles. The minimum Gasteiger partial charge on any atom is -0.477 e. The lowest BCUT2D eigenvalue weighted by atomic mass is 9.73. The van der Waals surface area contributed by atoms with E-state index in [0.29, 0.717) is 5.57 Å². The van der Waals surface area contributed by atoms with Crippen molar-refractivity contribution in [1.29, 1.82) is 0 Å². The van der Waals surface area contributed by atoms with Crippen LogP contribution >= 0.6 is 0 Å². The lowest BCUT2D eigenvalue weighted by molar-refractivity contribution is -0.140. The fraction of sp³-hybridized carbons (Fsp3) is 0.692. The second kappa shape index (κ2) is 6.42. The third kappa shape index (κ3) is 3.88. The summed E-state index contributed by atoms with van der Waals surface area (Å²) >= 11 is 0. The highest BCUT2D eigenvalue weighted by molar-refractivity contribution is 6.13. The number of rotatable bonds is 7. The Labute approximate surface area is 102 Å². The molecule has 0 aromatic rings. The Balaban J connectivity index is 5.56. The van der Waals surface area contributed by atoms with Gasteiger partial charge in [-0.1, -0.05) is 33.6 Å². The molecule has 0 fully saturated rings. The molecule has 4 heteroatoms. The van der Waals surface area contributed by atoms with Crippen LogP contribution in [-0.2, 0) is 9.59 Å². The second-order valence-electron chi connectivity index (χ2n) is 4.67. The van der Waals surface area contributed by atoms with E-state index in [2.05, 4.69) is 0 Å². The topological polar surface area (TPSA) is 74.6 Å². The molecular formula is C13H22O4. The quantitative estimate of drug-likeness (QED) is 0.408. The summed E-state index contributed by atoms with van der Waals surface area (Å²) in [6, 6.07) is 0. The summed E-state index contributed by atoms with van der Waals surface area (Å²) < 4.78 is 0. The summed E-state index contributed by atoms with van der Waals surface area (Å²) in [4.78, 5) is 22.0. The standard InChI is InChI=1S/C13H22O4/c1-5-7-13(4,8-6-2)9(3)10(11(14)15)12(16)17/h5-8H2,1-4H3,(H,14,15)(H,16,17). The zero-order chi connectivity index (χ0) is 13.6. The van der Waals surface area contributed by atoms with Gasteiger partial charge in [0.25, 0.3) is 0 Å². The van der Waals surface area contributed by atoms with Crippen molar-refractivity contribution in [3.63, 3.8) is 0 Å². The van der Waals surface area contributed by atoms with Crippen LogP contribution in [0, 0.1) is 5.41 Å². The Morgan fingerprint density at radius 1 is 1.00 bits per heavy atom. The summed E-state index contributed by atoms with van der Waals surface area (Å²) in [5.41, 5.74) is -0.342. The predicted molar refractivity (Wildman–Crippen MR) is 65.9 cm³/mol. The van der Waals surface area contributed by atoms with E-state index >= 15 is 0 Å². The van der Waals surface area contributed by atoms with E-state index in [4.69, 9.17) is 10.2 Å². The maximum atomic E-state index is 11.0. The maximum Gasteiger partial charge on any atom is 0.343 e. The average Bonchev–Trinajstić information content (AvgIpc) is 2.16. The number of carboxylic acid groups (broad SMARTS) is 2. The van der Waals surface area contributed by atoms with E-state index in [1.165, 1.54) is 0 Å². The molecule has 0 saturated carbocycles. The van der Waals surface area contributed by atoms with Gasteiger partial charge in [0.05, 0.1) is 0 Å². The van der Waals surface area contributed by atoms with Crippen LogP contribution in [0.1, 0.15) is 53.4 Å². The minimum absolute atomic E-state index is 0.338. The van der Waals surface area contributed by atoms with E-state index in [9.17, 15) is 9.59 Å². The molecule has 0 saturated heterocycles. The van der Waals surface area contributed by atoms with Crippen LogP contribution in [0.3, 0.4) is 0 Å². The number of allylic oxidation sites excluding steroid dienone is 1. The Bertz CT molecular complexity index is 306. The number of hydrogen-bond acceptors (Lipinski definition) is 2. The molecule has 0 aromatic heterocycles. The van der Waals surface area contributed by atoms with Gasteiger partial charge in [0, 0.05) is 0 Å². The second-order valence-corrected chi connectivity index (χ2v) is 4.67. The molecule has 0 aliphatic carbocycles. The zero-order valence-electron chi connectivity index (χ0n) is 11.0. The first-order valence-electron chi connectivity index (χ1n) is 5.98. The highest BCUT2D eigenvalue weighted by Gasteiger charge is 2.31. The van der Waals surface area contributed by atoms with Crippen molar-refractivity contribution in [2.75, 3.05) is 0 Å². The van der Waals surface area contributed by atoms with Gasteiger partial charge in [-0.15, -0.1) is 0 Å². The van der Waals surface area contributed by atoms with Crippen molar-refractivity contribution in [1.82, 2.24) is 0 Å². The largest absolute Gasteiger partial charge is 0.477 e. The Morgan fingerprint density at radius 3 is 1.59 bits per heavy atom. The van der Waals surface area contributed by atoms with Crippen LogP contribution in [-0.4, -0.2) is 22.2 Å². The van der Waals surface area contributed by atoms with Gasteiger partial charge >= 0.3 is 11.9 Å². The monoisotopic (exact) mass is 242 g/mol. The Morgan fingerprint density at radius 2 is 1.35 bits per heavy atom. The van der Waals surface area contributed by atoms with Gasteiger partial charge in [-0.05, 0) is 30.8 Å². The van der Waals surface area contributed by atoms with Crippen LogP contribution in [0.15, 0.2) is 11.1 Å². The van der Waals surface area contributed by atoms with Crippen molar-refractivity contribution < 1.29 is 19.8 Å². The third-order valence-electron chi connectivity index (χ3n) is 3.31. The molecule has 4 nitrogen and oxygen atoms in total. The third-order valence-corrected chi connectivity index (χ3v) is 3.31. The van der Waals surface area contributed by atoms with E-state index in [1.807, 2.05) is 20.8 Å². The van der Waals surface area contributed by atoms with Crippen molar-refractivity contribution in [3.8, 4) is 0 Å². The summed E-state index contributed by atoms with van der Waals surface area (Å²) in [6.07, 6.45) is 3.41. The molecule has 0 unspecified atom stereocenters. The fourth-order valence-electron chi connectivity index (χ4n) is 2.32. The molecule has 2 N–H and O–H groups in total. The van der Waals surface area contributed by atoms with Gasteiger partial charge in [0.1, 0.15) is 5.57 Å². The first-order chi connectivity index (χ1) is 7.80. The fourth-order valence-corrected chi connectivity index (χ4v) is 2.32. The van der Waals surface area contributed by atoms with Gasteiger partial charge in [-0.3, -0.25) is 0 Å². The Kier molecular flexibility index (Phi) is 5.93. The molecule has 0 bridgehead atoms. The van der Waals surface area contributed by atoms with Crippen LogP contribution < -0.4 is 0 Å². The number of carboxylic acids is 2.